The van der Waals surface area contributed by atoms with Crippen molar-refractivity contribution in [1.29, 1.82) is 0 Å². The number of methoxy groups -OCH3 is 2. The molecule has 1 amide bonds. The number of rotatable bonds is 10. The Hall–Kier alpha value is -3.69. The summed E-state index contributed by atoms with van der Waals surface area (Å²) in [5.74, 6) is -0.405. The summed E-state index contributed by atoms with van der Waals surface area (Å²) in [6.07, 6.45) is 0. The molecule has 0 saturated heterocycles. The van der Waals surface area contributed by atoms with Gasteiger partial charge in [-0.05, 0) is 55.0 Å². The van der Waals surface area contributed by atoms with E-state index in [9.17, 15) is 14.0 Å². The van der Waals surface area contributed by atoms with Crippen LogP contribution in [0.15, 0.2) is 42.5 Å². The molecule has 0 aliphatic rings. The number of ketones is 1. The molecule has 1 aromatic heterocycles. The van der Waals surface area contributed by atoms with Crippen LogP contribution in [0.4, 0.5) is 4.39 Å². The number of aliphatic hydroxyl groups excluding tert-OH is 1. The molecule has 3 rings (SSSR count). The van der Waals surface area contributed by atoms with Gasteiger partial charge in [0.05, 0.1) is 32.4 Å². The van der Waals surface area contributed by atoms with Crippen molar-refractivity contribution in [2.75, 3.05) is 34.0 Å². The maximum absolute atomic E-state index is 13.6. The smallest absolute Gasteiger partial charge is 0.251 e. The highest BCUT2D eigenvalue weighted by Crippen LogP contribution is 2.33. The molecular formula is C25H24ClFN2O6. The normalized spacial score (nSPS) is 10.6. The molecule has 8 nitrogen and oxygen atoms in total. The number of pyridine rings is 1. The number of hydrogen-bond acceptors (Lipinski definition) is 7. The molecule has 0 aliphatic carbocycles. The van der Waals surface area contributed by atoms with Crippen LogP contribution < -0.4 is 19.5 Å². The first-order valence-corrected chi connectivity index (χ1v) is 10.9. The number of aliphatic hydroxyl groups is 1. The molecule has 2 aromatic carbocycles. The average Bonchev–Trinajstić information content (AvgIpc) is 2.86. The Balaban J connectivity index is 1.79. The summed E-state index contributed by atoms with van der Waals surface area (Å²) >= 11 is 5.91. The van der Waals surface area contributed by atoms with Crippen LogP contribution in [0.3, 0.4) is 0 Å². The Morgan fingerprint density at radius 2 is 1.86 bits per heavy atom. The maximum Gasteiger partial charge on any atom is 0.251 e. The molecule has 10 heteroatoms. The molecule has 184 valence electrons. The van der Waals surface area contributed by atoms with E-state index >= 15 is 0 Å². The van der Waals surface area contributed by atoms with Gasteiger partial charge in [-0.3, -0.25) is 9.59 Å². The lowest BCUT2D eigenvalue weighted by molar-refractivity contribution is 0.0902. The van der Waals surface area contributed by atoms with Gasteiger partial charge < -0.3 is 24.6 Å². The first-order chi connectivity index (χ1) is 16.8. The number of halogens is 2. The van der Waals surface area contributed by atoms with Crippen molar-refractivity contribution < 1.29 is 33.3 Å². The highest BCUT2D eigenvalue weighted by molar-refractivity contribution is 6.31. The zero-order chi connectivity index (χ0) is 25.5. The Bertz CT molecular complexity index is 1250. The number of amides is 1. The minimum absolute atomic E-state index is 0.0802. The summed E-state index contributed by atoms with van der Waals surface area (Å²) in [4.78, 5) is 29.9. The van der Waals surface area contributed by atoms with Gasteiger partial charge in [-0.15, -0.1) is 0 Å². The van der Waals surface area contributed by atoms with Crippen LogP contribution in [-0.4, -0.2) is 55.8 Å². The summed E-state index contributed by atoms with van der Waals surface area (Å²) in [5, 5.41) is 11.4. The molecule has 35 heavy (non-hydrogen) atoms. The van der Waals surface area contributed by atoms with E-state index in [-0.39, 0.29) is 36.0 Å². The van der Waals surface area contributed by atoms with E-state index in [4.69, 9.17) is 30.9 Å². The van der Waals surface area contributed by atoms with Crippen LogP contribution in [0.25, 0.3) is 11.3 Å². The van der Waals surface area contributed by atoms with E-state index in [0.717, 1.165) is 0 Å². The first-order valence-electron chi connectivity index (χ1n) is 10.5. The fraction of sp³-hybridized carbons (Fsp3) is 0.240. The van der Waals surface area contributed by atoms with Crippen LogP contribution in [0.5, 0.6) is 17.2 Å². The largest absolute Gasteiger partial charge is 0.494 e. The lowest BCUT2D eigenvalue weighted by Crippen LogP contribution is -2.30. The van der Waals surface area contributed by atoms with E-state index in [2.05, 4.69) is 10.3 Å². The van der Waals surface area contributed by atoms with Gasteiger partial charge in [0, 0.05) is 11.1 Å². The van der Waals surface area contributed by atoms with Crippen LogP contribution >= 0.6 is 11.6 Å². The van der Waals surface area contributed by atoms with Crippen LogP contribution in [0.2, 0.25) is 5.02 Å². The summed E-state index contributed by atoms with van der Waals surface area (Å²) in [7, 11) is 2.89. The van der Waals surface area contributed by atoms with E-state index in [1.54, 1.807) is 19.1 Å². The number of carbonyl (C=O) groups is 2. The molecule has 0 spiro atoms. The third-order valence-electron chi connectivity index (χ3n) is 5.03. The van der Waals surface area contributed by atoms with Crippen molar-refractivity contribution in [1.82, 2.24) is 10.3 Å². The molecule has 0 atom stereocenters. The number of hydrogen-bond donors (Lipinski definition) is 2. The summed E-state index contributed by atoms with van der Waals surface area (Å²) < 4.78 is 29.6. The fourth-order valence-electron chi connectivity index (χ4n) is 3.34. The van der Waals surface area contributed by atoms with Gasteiger partial charge in [0.2, 0.25) is 0 Å². The van der Waals surface area contributed by atoms with Crippen LogP contribution in [0, 0.1) is 12.7 Å². The zero-order valence-corrected chi connectivity index (χ0v) is 20.1. The lowest BCUT2D eigenvalue weighted by Gasteiger charge is -2.14. The van der Waals surface area contributed by atoms with E-state index < -0.39 is 17.5 Å². The zero-order valence-electron chi connectivity index (χ0n) is 19.4. The number of nitrogens with zero attached hydrogens (tertiary/aromatic N) is 1. The topological polar surface area (TPSA) is 107 Å². The van der Waals surface area contributed by atoms with Gasteiger partial charge in [0.15, 0.2) is 17.3 Å². The fourth-order valence-corrected chi connectivity index (χ4v) is 3.52. The second-order valence-corrected chi connectivity index (χ2v) is 7.79. The molecule has 0 bridgehead atoms. The summed E-state index contributed by atoms with van der Waals surface area (Å²) in [5.41, 5.74) is 1.80. The van der Waals surface area contributed by atoms with Gasteiger partial charge >= 0.3 is 0 Å². The Morgan fingerprint density at radius 1 is 1.09 bits per heavy atom. The van der Waals surface area contributed by atoms with Gasteiger partial charge in [0.1, 0.15) is 29.6 Å². The third kappa shape index (κ3) is 6.06. The number of Topliss-reactive ketones (excluding diaryl/α,β-unsaturated/α-hetero) is 1. The summed E-state index contributed by atoms with van der Waals surface area (Å²) in [6, 6.07) is 10.2. The highest BCUT2D eigenvalue weighted by atomic mass is 35.5. The minimum Gasteiger partial charge on any atom is -0.494 e. The van der Waals surface area contributed by atoms with Gasteiger partial charge in [-0.2, -0.15) is 0 Å². The number of aryl methyl sites for hydroxylation is 1. The average molecular weight is 503 g/mol. The van der Waals surface area contributed by atoms with Gasteiger partial charge in [0.25, 0.3) is 5.91 Å². The Morgan fingerprint density at radius 3 is 2.51 bits per heavy atom. The highest BCUT2D eigenvalue weighted by Gasteiger charge is 2.19. The molecule has 3 aromatic rings. The second kappa shape index (κ2) is 11.6. The standard InChI is InChI=1S/C25H24ClFN2O6/c1-14-10-19(29-23(24(14)34-3)15-4-6-18(27)17(26)11-15)20(31)13-28-25(32)16-5-7-21(35-9-8-30)22(12-16)33-2/h4-7,10-12,30H,8-9,13H2,1-3H3,(H,28,32). The number of aromatic nitrogens is 1. The second-order valence-electron chi connectivity index (χ2n) is 7.38. The molecule has 0 radical (unpaired) electrons. The monoisotopic (exact) mass is 502 g/mol. The number of benzene rings is 2. The van der Waals surface area contributed by atoms with E-state index in [0.29, 0.717) is 34.1 Å². The molecule has 0 saturated carbocycles. The molecule has 0 aliphatic heterocycles. The number of ether oxygens (including phenoxy) is 3. The van der Waals surface area contributed by atoms with Crippen molar-refractivity contribution in [2.45, 2.75) is 6.92 Å². The number of carbonyl (C=O) groups excluding carboxylic acids is 2. The minimum atomic E-state index is -0.578. The van der Waals surface area contributed by atoms with Crippen LogP contribution in [-0.2, 0) is 0 Å². The maximum atomic E-state index is 13.6. The third-order valence-corrected chi connectivity index (χ3v) is 5.32. The van der Waals surface area contributed by atoms with Gasteiger partial charge in [-0.25, -0.2) is 9.37 Å². The molecule has 1 heterocycles. The molecular weight excluding hydrogens is 479 g/mol. The van der Waals surface area contributed by atoms with Crippen molar-refractivity contribution in [3.8, 4) is 28.5 Å². The predicted octanol–water partition coefficient (Wildman–Crippen LogP) is 3.85. The molecule has 2 N–H and O–H groups in total. The predicted molar refractivity (Wildman–Crippen MR) is 128 cm³/mol. The van der Waals surface area contributed by atoms with Crippen molar-refractivity contribution >= 4 is 23.3 Å². The first kappa shape index (κ1) is 25.9. The van der Waals surface area contributed by atoms with Gasteiger partial charge in [-0.1, -0.05) is 11.6 Å². The van der Waals surface area contributed by atoms with Crippen LogP contribution in [0.1, 0.15) is 26.4 Å². The molecule has 0 fully saturated rings. The quantitative estimate of drug-likeness (QED) is 0.405. The van der Waals surface area contributed by atoms with Crippen molar-refractivity contribution in [2.24, 2.45) is 0 Å². The Kier molecular flexibility index (Phi) is 8.62. The Labute approximate surface area is 206 Å². The molecule has 0 unspecified atom stereocenters. The SMILES string of the molecule is COc1cc(C(=O)NCC(=O)c2cc(C)c(OC)c(-c3ccc(F)c(Cl)c3)n2)ccc1OCCO. The van der Waals surface area contributed by atoms with Crippen molar-refractivity contribution in [3.05, 3.63) is 70.1 Å². The number of nitrogens with one attached hydrogen (secondary N) is 1. The summed E-state index contributed by atoms with van der Waals surface area (Å²) in [6.45, 7) is 1.35. The van der Waals surface area contributed by atoms with E-state index in [1.807, 2.05) is 0 Å². The lowest BCUT2D eigenvalue weighted by atomic mass is 10.1. The van der Waals surface area contributed by atoms with E-state index in [1.165, 1.54) is 44.6 Å². The van der Waals surface area contributed by atoms with Crippen molar-refractivity contribution in [3.63, 3.8) is 0 Å².